The van der Waals surface area contributed by atoms with Crippen molar-refractivity contribution in [2.75, 3.05) is 7.11 Å². The van der Waals surface area contributed by atoms with Crippen LogP contribution in [0.25, 0.3) is 11.4 Å². The lowest BCUT2D eigenvalue weighted by molar-refractivity contribution is -0.840. The molecule has 0 saturated carbocycles. The molecule has 92 valence electrons. The molecule has 0 aromatic carbocycles. The van der Waals surface area contributed by atoms with Crippen molar-refractivity contribution < 1.29 is 18.5 Å². The zero-order valence-electron chi connectivity index (χ0n) is 9.56. The molecule has 0 aliphatic carbocycles. The highest BCUT2D eigenvalue weighted by molar-refractivity contribution is 7.17. The van der Waals surface area contributed by atoms with Crippen molar-refractivity contribution in [3.8, 4) is 11.4 Å². The van der Waals surface area contributed by atoms with E-state index in [1.165, 1.54) is 11.8 Å². The topological polar surface area (TPSA) is 78.1 Å². The molecule has 2 atom stereocenters. The van der Waals surface area contributed by atoms with Gasteiger partial charge in [-0.15, -0.1) is 0 Å². The van der Waals surface area contributed by atoms with Crippen LogP contribution in [0.2, 0.25) is 0 Å². The second-order valence-electron chi connectivity index (χ2n) is 3.21. The molecule has 0 amide bonds. The first kappa shape index (κ1) is 12.6. The molecule has 0 radical (unpaired) electrons. The van der Waals surface area contributed by atoms with Crippen LogP contribution in [0, 0.1) is 0 Å². The Kier molecular flexibility index (Phi) is 4.35. The number of nitrogens with zero attached hydrogens (tertiary/aromatic N) is 4. The van der Waals surface area contributed by atoms with Crippen LogP contribution >= 0.6 is 8.69 Å². The van der Waals surface area contributed by atoms with Crippen molar-refractivity contribution in [3.05, 3.63) is 36.9 Å². The van der Waals surface area contributed by atoms with E-state index in [1.807, 2.05) is 0 Å². The molecular weight excluding hydrogens is 255 g/mol. The standard InChI is InChI=1S/C10H11N4O3P/c1-16-10(17-18-15)14-6-3-8(7-13-14)9-11-4-2-5-12-9/h2-7,10,18H,1H3/q+2. The lowest BCUT2D eigenvalue weighted by Gasteiger charge is -2.01. The zero-order valence-corrected chi connectivity index (χ0v) is 10.6. The average Bonchev–Trinajstić information content (AvgIpc) is 2.46. The summed E-state index contributed by atoms with van der Waals surface area (Å²) in [5.74, 6) is 0.581. The van der Waals surface area contributed by atoms with Gasteiger partial charge in [-0.2, -0.15) is 0 Å². The van der Waals surface area contributed by atoms with Gasteiger partial charge in [-0.25, -0.2) is 9.97 Å². The van der Waals surface area contributed by atoms with Crippen LogP contribution in [-0.4, -0.2) is 22.2 Å². The summed E-state index contributed by atoms with van der Waals surface area (Å²) in [5.41, 5.74) is 0.770. The molecule has 0 fully saturated rings. The van der Waals surface area contributed by atoms with Gasteiger partial charge in [0.15, 0.2) is 5.82 Å². The molecule has 18 heavy (non-hydrogen) atoms. The summed E-state index contributed by atoms with van der Waals surface area (Å²) in [6.45, 7) is 0. The van der Waals surface area contributed by atoms with Gasteiger partial charge in [0.05, 0.1) is 0 Å². The molecule has 2 heterocycles. The first-order chi connectivity index (χ1) is 8.85. The van der Waals surface area contributed by atoms with Crippen LogP contribution in [0.5, 0.6) is 0 Å². The smallest absolute Gasteiger partial charge is 0.296 e. The fourth-order valence-corrected chi connectivity index (χ4v) is 1.61. The fraction of sp³-hybridized carbons (Fsp3) is 0.200. The van der Waals surface area contributed by atoms with Gasteiger partial charge in [0.1, 0.15) is 6.20 Å². The van der Waals surface area contributed by atoms with E-state index in [2.05, 4.69) is 15.1 Å². The summed E-state index contributed by atoms with van der Waals surface area (Å²) in [6, 6.07) is 3.51. The maximum absolute atomic E-state index is 10.4. The Balaban J connectivity index is 2.22. The third-order valence-electron chi connectivity index (χ3n) is 2.13. The number of ether oxygens (including phenoxy) is 1. The number of rotatable bonds is 5. The summed E-state index contributed by atoms with van der Waals surface area (Å²) in [6.07, 6.45) is 5.72. The molecule has 0 aliphatic rings. The molecule has 2 aromatic rings. The lowest BCUT2D eigenvalue weighted by Crippen LogP contribution is -2.44. The van der Waals surface area contributed by atoms with Crippen LogP contribution in [-0.2, 0) is 13.8 Å². The molecule has 0 aliphatic heterocycles. The summed E-state index contributed by atoms with van der Waals surface area (Å²) in [4.78, 5) is 8.22. The van der Waals surface area contributed by atoms with E-state index in [-0.39, 0.29) is 0 Å². The zero-order chi connectivity index (χ0) is 12.8. The van der Waals surface area contributed by atoms with E-state index in [0.717, 1.165) is 5.56 Å². The number of hydrogen-bond donors (Lipinski definition) is 0. The third kappa shape index (κ3) is 2.89. The summed E-state index contributed by atoms with van der Waals surface area (Å²) in [7, 11) is 0.518. The maximum Gasteiger partial charge on any atom is 0.503 e. The molecule has 0 spiro atoms. The number of aromatic nitrogens is 4. The normalized spacial score (nSPS) is 12.5. The number of hydrogen-bond acceptors (Lipinski definition) is 6. The van der Waals surface area contributed by atoms with Gasteiger partial charge >= 0.3 is 15.1 Å². The molecule has 8 heteroatoms. The SMILES string of the molecule is COC(O[PH+]=O)[n+]1ccc(-c2ncccn2)cn1. The number of methoxy groups -OCH3 is 1. The predicted octanol–water partition coefficient (Wildman–Crippen LogP) is 0.884. The van der Waals surface area contributed by atoms with Gasteiger partial charge in [0.25, 0.3) is 0 Å². The van der Waals surface area contributed by atoms with Gasteiger partial charge in [-0.1, -0.05) is 0 Å². The van der Waals surface area contributed by atoms with Crippen molar-refractivity contribution in [2.24, 2.45) is 0 Å². The van der Waals surface area contributed by atoms with Crippen molar-refractivity contribution >= 4 is 8.69 Å². The van der Waals surface area contributed by atoms with Crippen LogP contribution in [0.15, 0.2) is 36.9 Å². The largest absolute Gasteiger partial charge is 0.503 e. The molecule has 7 nitrogen and oxygen atoms in total. The lowest BCUT2D eigenvalue weighted by atomic mass is 10.3. The van der Waals surface area contributed by atoms with Gasteiger partial charge in [-0.05, 0) is 24.9 Å². The Bertz CT molecular complexity index is 508. The van der Waals surface area contributed by atoms with Crippen molar-refractivity contribution in [3.63, 3.8) is 0 Å². The predicted molar refractivity (Wildman–Crippen MR) is 61.6 cm³/mol. The van der Waals surface area contributed by atoms with Crippen LogP contribution < -0.4 is 4.68 Å². The van der Waals surface area contributed by atoms with Crippen LogP contribution in [0.1, 0.15) is 6.41 Å². The monoisotopic (exact) mass is 266 g/mol. The Morgan fingerprint density at radius 2 is 2.17 bits per heavy atom. The Hall–Kier alpha value is -1.82. The molecule has 0 N–H and O–H groups in total. The second kappa shape index (κ2) is 6.20. The van der Waals surface area contributed by atoms with Crippen LogP contribution in [0.3, 0.4) is 0 Å². The van der Waals surface area contributed by atoms with Crippen molar-refractivity contribution in [1.82, 2.24) is 15.1 Å². The molecule has 2 aromatic heterocycles. The van der Waals surface area contributed by atoms with Crippen LogP contribution in [0.4, 0.5) is 0 Å². The Labute approximate surface area is 105 Å². The molecule has 0 bridgehead atoms. The van der Waals surface area contributed by atoms with E-state index < -0.39 is 15.1 Å². The van der Waals surface area contributed by atoms with E-state index in [0.29, 0.717) is 5.82 Å². The molecular formula is C10H11N4O3P+2. The fourth-order valence-electron chi connectivity index (χ4n) is 1.32. The van der Waals surface area contributed by atoms with Crippen molar-refractivity contribution in [1.29, 1.82) is 0 Å². The highest BCUT2D eigenvalue weighted by atomic mass is 31.1. The van der Waals surface area contributed by atoms with Gasteiger partial charge in [0.2, 0.25) is 6.20 Å². The van der Waals surface area contributed by atoms with E-state index in [1.54, 1.807) is 36.9 Å². The van der Waals surface area contributed by atoms with Gasteiger partial charge in [0, 0.05) is 31.1 Å². The maximum atomic E-state index is 10.4. The van der Waals surface area contributed by atoms with Gasteiger partial charge < -0.3 is 0 Å². The summed E-state index contributed by atoms with van der Waals surface area (Å²) in [5, 5.41) is 4.10. The van der Waals surface area contributed by atoms with E-state index in [9.17, 15) is 4.57 Å². The quantitative estimate of drug-likeness (QED) is 0.454. The van der Waals surface area contributed by atoms with E-state index >= 15 is 0 Å². The third-order valence-corrected chi connectivity index (χ3v) is 2.43. The Morgan fingerprint density at radius 3 is 2.72 bits per heavy atom. The first-order valence-electron chi connectivity index (χ1n) is 5.05. The minimum atomic E-state index is -0.920. The highest BCUT2D eigenvalue weighted by Gasteiger charge is 2.25. The molecule has 2 rings (SSSR count). The minimum Gasteiger partial charge on any atom is -0.296 e. The first-order valence-corrected chi connectivity index (χ1v) is 5.87. The average molecular weight is 266 g/mol. The summed E-state index contributed by atoms with van der Waals surface area (Å²) >= 11 is 0. The summed E-state index contributed by atoms with van der Waals surface area (Å²) < 4.78 is 21.6. The van der Waals surface area contributed by atoms with Gasteiger partial charge in [-0.3, -0.25) is 4.74 Å². The molecule has 2 unspecified atom stereocenters. The Morgan fingerprint density at radius 1 is 1.39 bits per heavy atom. The molecule has 0 saturated heterocycles. The highest BCUT2D eigenvalue weighted by Crippen LogP contribution is 2.11. The van der Waals surface area contributed by atoms with E-state index in [4.69, 9.17) is 9.26 Å². The second-order valence-corrected chi connectivity index (χ2v) is 3.61. The van der Waals surface area contributed by atoms with Crippen molar-refractivity contribution in [2.45, 2.75) is 6.41 Å². The minimum absolute atomic E-state index is 0.581.